The number of ketones is 1. The van der Waals surface area contributed by atoms with Crippen LogP contribution in [0.3, 0.4) is 0 Å². The van der Waals surface area contributed by atoms with Crippen molar-refractivity contribution in [3.05, 3.63) is 0 Å². The van der Waals surface area contributed by atoms with Gasteiger partial charge >= 0.3 is 0 Å². The SMILES string of the molecule is COC1CCC(CC2C3CC(OC)C(OC)CC3CCN2CC(=O)C2CCCCC2)CC1OC. The molecule has 0 amide bonds. The molecule has 0 N–H and O–H groups in total. The van der Waals surface area contributed by atoms with E-state index in [1.54, 1.807) is 7.11 Å². The zero-order valence-electron chi connectivity index (χ0n) is 22.1. The molecule has 1 aliphatic heterocycles. The highest BCUT2D eigenvalue weighted by molar-refractivity contribution is 5.83. The van der Waals surface area contributed by atoms with E-state index in [2.05, 4.69) is 4.90 Å². The Kier molecular flexibility index (Phi) is 9.85. The lowest BCUT2D eigenvalue weighted by Crippen LogP contribution is -2.56. The Hall–Kier alpha value is -0.530. The second-order valence-electron chi connectivity index (χ2n) is 11.5. The van der Waals surface area contributed by atoms with Crippen LogP contribution in [0.2, 0.25) is 0 Å². The quantitative estimate of drug-likeness (QED) is 0.486. The Labute approximate surface area is 207 Å². The Balaban J connectivity index is 1.49. The van der Waals surface area contributed by atoms with E-state index in [1.807, 2.05) is 21.3 Å². The summed E-state index contributed by atoms with van der Waals surface area (Å²) in [4.78, 5) is 15.9. The molecule has 1 saturated heterocycles. The van der Waals surface area contributed by atoms with Gasteiger partial charge in [0.25, 0.3) is 0 Å². The van der Waals surface area contributed by atoms with Crippen LogP contribution in [0.1, 0.15) is 77.0 Å². The molecule has 0 aromatic rings. The van der Waals surface area contributed by atoms with E-state index in [9.17, 15) is 4.79 Å². The first-order chi connectivity index (χ1) is 16.6. The highest BCUT2D eigenvalue weighted by Gasteiger charge is 2.47. The van der Waals surface area contributed by atoms with Gasteiger partial charge in [-0.25, -0.2) is 0 Å². The monoisotopic (exact) mass is 479 g/mol. The molecule has 0 spiro atoms. The molecule has 6 heteroatoms. The molecular formula is C28H49NO5. The fourth-order valence-corrected chi connectivity index (χ4v) is 7.84. The number of nitrogens with zero attached hydrogens (tertiary/aromatic N) is 1. The van der Waals surface area contributed by atoms with Gasteiger partial charge in [-0.1, -0.05) is 19.3 Å². The highest BCUT2D eigenvalue weighted by Crippen LogP contribution is 2.45. The largest absolute Gasteiger partial charge is 0.379 e. The summed E-state index contributed by atoms with van der Waals surface area (Å²) >= 11 is 0. The number of piperidine rings is 1. The van der Waals surface area contributed by atoms with E-state index in [4.69, 9.17) is 18.9 Å². The molecule has 196 valence electrons. The Morgan fingerprint density at radius 2 is 1.38 bits per heavy atom. The van der Waals surface area contributed by atoms with Crippen LogP contribution >= 0.6 is 0 Å². The fraction of sp³-hybridized carbons (Fsp3) is 0.964. The van der Waals surface area contributed by atoms with Crippen LogP contribution in [-0.4, -0.2) is 82.7 Å². The lowest BCUT2D eigenvalue weighted by atomic mass is 9.66. The molecule has 1 heterocycles. The maximum absolute atomic E-state index is 13.3. The summed E-state index contributed by atoms with van der Waals surface area (Å²) in [6.07, 6.45) is 14.4. The van der Waals surface area contributed by atoms with Gasteiger partial charge in [0, 0.05) is 40.4 Å². The topological polar surface area (TPSA) is 57.2 Å². The number of rotatable bonds is 9. The van der Waals surface area contributed by atoms with Crippen molar-refractivity contribution in [2.45, 2.75) is 108 Å². The second kappa shape index (κ2) is 12.6. The minimum atomic E-state index is 0.152. The molecule has 3 saturated carbocycles. The van der Waals surface area contributed by atoms with Crippen molar-refractivity contribution in [3.63, 3.8) is 0 Å². The van der Waals surface area contributed by atoms with Crippen LogP contribution < -0.4 is 0 Å². The highest BCUT2D eigenvalue weighted by atomic mass is 16.5. The third kappa shape index (κ3) is 6.05. The number of fused-ring (bicyclic) bond motifs is 1. The summed E-state index contributed by atoms with van der Waals surface area (Å²) < 4.78 is 23.3. The molecule has 0 bridgehead atoms. The van der Waals surface area contributed by atoms with E-state index >= 15 is 0 Å². The summed E-state index contributed by atoms with van der Waals surface area (Å²) in [6, 6.07) is 0.448. The molecule has 3 aliphatic carbocycles. The molecule has 0 radical (unpaired) electrons. The predicted molar refractivity (Wildman–Crippen MR) is 133 cm³/mol. The Morgan fingerprint density at radius 3 is 2.06 bits per heavy atom. The number of ether oxygens (including phenoxy) is 4. The molecule has 8 atom stereocenters. The summed E-state index contributed by atoms with van der Waals surface area (Å²) in [5.41, 5.74) is 0. The van der Waals surface area contributed by atoms with Crippen LogP contribution in [0.4, 0.5) is 0 Å². The number of hydrogen-bond donors (Lipinski definition) is 0. The zero-order chi connectivity index (χ0) is 24.1. The number of carbonyl (C=O) groups is 1. The van der Waals surface area contributed by atoms with E-state index < -0.39 is 0 Å². The van der Waals surface area contributed by atoms with Crippen molar-refractivity contribution in [3.8, 4) is 0 Å². The van der Waals surface area contributed by atoms with Crippen LogP contribution in [-0.2, 0) is 23.7 Å². The summed E-state index contributed by atoms with van der Waals surface area (Å²) in [5, 5.41) is 0. The van der Waals surface area contributed by atoms with Crippen molar-refractivity contribution >= 4 is 5.78 Å². The van der Waals surface area contributed by atoms with Crippen molar-refractivity contribution in [1.29, 1.82) is 0 Å². The lowest BCUT2D eigenvalue weighted by Gasteiger charge is -2.52. The standard InChI is InChI=1S/C28H49NO5/c1-31-25-11-10-19(15-26(25)32-2)14-23-22-17-28(34-4)27(33-3)16-21(22)12-13-29(23)18-24(30)20-8-6-5-7-9-20/h19-23,25-28H,5-18H2,1-4H3. The predicted octanol–water partition coefficient (Wildman–Crippen LogP) is 4.49. The average Bonchev–Trinajstić information content (AvgIpc) is 2.89. The second-order valence-corrected chi connectivity index (χ2v) is 11.5. The van der Waals surface area contributed by atoms with Gasteiger partial charge in [-0.2, -0.15) is 0 Å². The van der Waals surface area contributed by atoms with Crippen LogP contribution in [0.5, 0.6) is 0 Å². The van der Waals surface area contributed by atoms with Gasteiger partial charge in [0.05, 0.1) is 31.0 Å². The molecule has 6 nitrogen and oxygen atoms in total. The molecule has 4 aliphatic rings. The smallest absolute Gasteiger partial charge is 0.149 e. The van der Waals surface area contributed by atoms with Crippen LogP contribution in [0.25, 0.3) is 0 Å². The summed E-state index contributed by atoms with van der Waals surface area (Å²) in [6.45, 7) is 1.69. The van der Waals surface area contributed by atoms with Gasteiger partial charge in [-0.3, -0.25) is 9.69 Å². The minimum absolute atomic E-state index is 0.152. The molecule has 4 rings (SSSR count). The third-order valence-electron chi connectivity index (χ3n) is 9.86. The zero-order valence-corrected chi connectivity index (χ0v) is 22.1. The van der Waals surface area contributed by atoms with Crippen molar-refractivity contribution in [2.24, 2.45) is 23.7 Å². The van der Waals surface area contributed by atoms with Crippen molar-refractivity contribution in [1.82, 2.24) is 4.90 Å². The summed E-state index contributed by atoms with van der Waals surface area (Å²) in [5.74, 6) is 2.64. The fourth-order valence-electron chi connectivity index (χ4n) is 7.84. The number of likely N-dealkylation sites (tertiary alicyclic amines) is 1. The van der Waals surface area contributed by atoms with Gasteiger partial charge in [0.2, 0.25) is 0 Å². The summed E-state index contributed by atoms with van der Waals surface area (Å²) in [7, 11) is 7.28. The molecule has 4 fully saturated rings. The van der Waals surface area contributed by atoms with Gasteiger partial charge < -0.3 is 18.9 Å². The van der Waals surface area contributed by atoms with E-state index in [0.717, 1.165) is 51.5 Å². The minimum Gasteiger partial charge on any atom is -0.379 e. The molecular weight excluding hydrogens is 430 g/mol. The molecule has 34 heavy (non-hydrogen) atoms. The average molecular weight is 480 g/mol. The third-order valence-corrected chi connectivity index (χ3v) is 9.86. The number of hydrogen-bond acceptors (Lipinski definition) is 6. The van der Waals surface area contributed by atoms with Gasteiger partial charge in [0.1, 0.15) is 5.78 Å². The van der Waals surface area contributed by atoms with Gasteiger partial charge in [-0.15, -0.1) is 0 Å². The molecule has 0 aromatic carbocycles. The maximum Gasteiger partial charge on any atom is 0.149 e. The van der Waals surface area contributed by atoms with Gasteiger partial charge in [0.15, 0.2) is 0 Å². The first kappa shape index (κ1) is 26.5. The van der Waals surface area contributed by atoms with E-state index in [1.165, 1.54) is 32.1 Å². The van der Waals surface area contributed by atoms with E-state index in [0.29, 0.717) is 36.1 Å². The Morgan fingerprint density at radius 1 is 0.735 bits per heavy atom. The van der Waals surface area contributed by atoms with Crippen molar-refractivity contribution in [2.75, 3.05) is 41.5 Å². The van der Waals surface area contributed by atoms with E-state index in [-0.39, 0.29) is 30.3 Å². The number of Topliss-reactive ketones (excluding diaryl/α,β-unsaturated/α-hetero) is 1. The maximum atomic E-state index is 13.3. The number of methoxy groups -OCH3 is 4. The van der Waals surface area contributed by atoms with Crippen LogP contribution in [0.15, 0.2) is 0 Å². The number of carbonyl (C=O) groups excluding carboxylic acids is 1. The molecule has 0 aromatic heterocycles. The Bertz CT molecular complexity index is 638. The molecule has 8 unspecified atom stereocenters. The first-order valence-corrected chi connectivity index (χ1v) is 14.0. The normalized spacial score (nSPS) is 40.1. The lowest BCUT2D eigenvalue weighted by molar-refractivity contribution is -0.133. The van der Waals surface area contributed by atoms with Crippen molar-refractivity contribution < 1.29 is 23.7 Å². The van der Waals surface area contributed by atoms with Gasteiger partial charge in [-0.05, 0) is 82.1 Å². The first-order valence-electron chi connectivity index (χ1n) is 14.0. The van der Waals surface area contributed by atoms with Crippen LogP contribution in [0, 0.1) is 23.7 Å².